The van der Waals surface area contributed by atoms with Crippen LogP contribution >= 0.6 is 0 Å². The van der Waals surface area contributed by atoms with Gasteiger partial charge < -0.3 is 20.4 Å². The summed E-state index contributed by atoms with van der Waals surface area (Å²) < 4.78 is 98.0. The van der Waals surface area contributed by atoms with E-state index in [1.807, 2.05) is 4.90 Å². The van der Waals surface area contributed by atoms with E-state index in [-0.39, 0.29) is 47.3 Å². The number of carbonyl (C=O) groups is 3. The maximum Gasteiger partial charge on any atom is 0.405 e. The minimum atomic E-state index is -4.46. The Hall–Kier alpha value is -5.64. The molecule has 4 fully saturated rings. The normalized spacial score (nSPS) is 22.1. The van der Waals surface area contributed by atoms with Crippen LogP contribution in [-0.4, -0.2) is 122 Å². The Morgan fingerprint density at radius 1 is 0.873 bits per heavy atom. The fraction of sp³-hybridized carbons (Fsp3) is 0.537. The number of alkyl halides is 5. The number of amides is 3. The molecular weight excluding hydrogens is 842 g/mol. The van der Waals surface area contributed by atoms with Crippen LogP contribution < -0.4 is 20.9 Å². The van der Waals surface area contributed by atoms with E-state index >= 15 is 8.78 Å². The highest BCUT2D eigenvalue weighted by molar-refractivity contribution is 6.03. The SMILES string of the molecule is O=C1CC[C@H](c2c(F)cc(N3CCC(CN4CCN(C5CCC(n6cc(NC(=O)c7cnn(-c8ccnc(NCC(F)(F)F)c8)n7)c(C(F)F)n6)CC5)CC4)CC3)cc2F)C(=O)N1. The summed E-state index contributed by atoms with van der Waals surface area (Å²) in [6.07, 6.45) is 1.36. The van der Waals surface area contributed by atoms with Crippen molar-refractivity contribution in [1.82, 2.24) is 44.9 Å². The molecule has 0 unspecified atom stereocenters. The quantitative estimate of drug-likeness (QED) is 0.116. The first-order valence-corrected chi connectivity index (χ1v) is 21.1. The van der Waals surface area contributed by atoms with Crippen LogP contribution in [0.4, 0.5) is 47.9 Å². The Balaban J connectivity index is 0.782. The van der Waals surface area contributed by atoms with Crippen LogP contribution in [0.15, 0.2) is 42.9 Å². The standard InChI is InChI=1S/C41H47F7N12O3/c42-30-17-28(18-31(43)36(30)29-5-6-35(61)53-39(29)62)57-11-8-24(9-12-57)21-56-13-15-58(16-14-56)25-1-3-26(4-2-25)59-22-33(37(55-59)38(44)45)52-40(63)32-20-51-60(54-32)27-7-10-49-34(19-27)50-23-41(46,47)48/h7,10,17-20,22,24-26,29,38H,1-6,8-9,11-16,21,23H2,(H,49,50)(H,52,63)(H,53,61,62)/t25?,26?,29-/m1/s1. The van der Waals surface area contributed by atoms with Gasteiger partial charge in [0.2, 0.25) is 11.8 Å². The monoisotopic (exact) mass is 888 g/mol. The lowest BCUT2D eigenvalue weighted by Crippen LogP contribution is -2.52. The average Bonchev–Trinajstić information content (AvgIpc) is 3.93. The van der Waals surface area contributed by atoms with Crippen molar-refractivity contribution >= 4 is 34.9 Å². The number of nitrogens with one attached hydrogen (secondary N) is 3. The highest BCUT2D eigenvalue weighted by Gasteiger charge is 2.35. The largest absolute Gasteiger partial charge is 0.405 e. The predicted octanol–water partition coefficient (Wildman–Crippen LogP) is 5.84. The predicted molar refractivity (Wildman–Crippen MR) is 215 cm³/mol. The van der Waals surface area contributed by atoms with E-state index in [9.17, 15) is 36.3 Å². The molecule has 63 heavy (non-hydrogen) atoms. The Morgan fingerprint density at radius 3 is 2.24 bits per heavy atom. The first-order valence-electron chi connectivity index (χ1n) is 21.1. The second kappa shape index (κ2) is 18.6. The maximum absolute atomic E-state index is 15.2. The molecule has 3 amide bonds. The molecular formula is C41H47F7N12O3. The number of nitrogens with zero attached hydrogens (tertiary/aromatic N) is 9. The van der Waals surface area contributed by atoms with Crippen molar-refractivity contribution < 1.29 is 45.1 Å². The summed E-state index contributed by atoms with van der Waals surface area (Å²) in [4.78, 5) is 48.7. The van der Waals surface area contributed by atoms with Crippen LogP contribution in [0.3, 0.4) is 0 Å². The third kappa shape index (κ3) is 10.4. The van der Waals surface area contributed by atoms with Gasteiger partial charge in [0, 0.05) is 88.0 Å². The van der Waals surface area contributed by atoms with Crippen LogP contribution in [-0.2, 0) is 9.59 Å². The van der Waals surface area contributed by atoms with Gasteiger partial charge in [-0.25, -0.2) is 22.5 Å². The number of imide groups is 1. The fourth-order valence-corrected chi connectivity index (χ4v) is 9.15. The molecule has 338 valence electrons. The van der Waals surface area contributed by atoms with Gasteiger partial charge in [0.1, 0.15) is 24.0 Å². The Morgan fingerprint density at radius 2 is 1.57 bits per heavy atom. The van der Waals surface area contributed by atoms with Crippen LogP contribution in [0.25, 0.3) is 5.69 Å². The van der Waals surface area contributed by atoms with E-state index < -0.39 is 60.1 Å². The third-order valence-corrected chi connectivity index (χ3v) is 12.5. The van der Waals surface area contributed by atoms with Gasteiger partial charge in [-0.1, -0.05) is 0 Å². The number of hydrogen-bond acceptors (Lipinski definition) is 11. The smallest absolute Gasteiger partial charge is 0.371 e. The number of aromatic nitrogens is 6. The molecule has 1 aliphatic carbocycles. The number of piperidine rings is 2. The lowest BCUT2D eigenvalue weighted by atomic mass is 9.89. The van der Waals surface area contributed by atoms with Crippen molar-refractivity contribution in [2.24, 2.45) is 5.92 Å². The summed E-state index contributed by atoms with van der Waals surface area (Å²) in [5, 5.41) is 19.0. The molecule has 1 aromatic carbocycles. The van der Waals surface area contributed by atoms with E-state index in [0.717, 1.165) is 69.4 Å². The van der Waals surface area contributed by atoms with Crippen molar-refractivity contribution in [2.45, 2.75) is 82.0 Å². The van der Waals surface area contributed by atoms with Crippen LogP contribution in [0.1, 0.15) is 91.5 Å². The highest BCUT2D eigenvalue weighted by Crippen LogP contribution is 2.36. The van der Waals surface area contributed by atoms with Crippen LogP contribution in [0, 0.1) is 17.6 Å². The van der Waals surface area contributed by atoms with Gasteiger partial charge in [-0.05, 0) is 69.1 Å². The molecule has 3 aliphatic heterocycles. The Bertz CT molecular complexity index is 2260. The van der Waals surface area contributed by atoms with Crippen LogP contribution in [0.2, 0.25) is 0 Å². The fourth-order valence-electron chi connectivity index (χ4n) is 9.15. The molecule has 4 aliphatic rings. The number of benzene rings is 1. The van der Waals surface area contributed by atoms with E-state index in [1.54, 1.807) is 0 Å². The van der Waals surface area contributed by atoms with Crippen molar-refractivity contribution in [3.8, 4) is 5.69 Å². The molecule has 0 spiro atoms. The molecule has 15 nitrogen and oxygen atoms in total. The number of anilines is 3. The van der Waals surface area contributed by atoms with Crippen LogP contribution in [0.5, 0.6) is 0 Å². The molecule has 8 rings (SSSR count). The van der Waals surface area contributed by atoms with Gasteiger partial charge in [-0.3, -0.25) is 29.3 Å². The number of piperazine rings is 1. The number of halogens is 7. The van der Waals surface area contributed by atoms with E-state index in [0.29, 0.717) is 43.6 Å². The Kier molecular flexibility index (Phi) is 13.0. The van der Waals surface area contributed by atoms with Gasteiger partial charge in [0.15, 0.2) is 11.4 Å². The summed E-state index contributed by atoms with van der Waals surface area (Å²) in [7, 11) is 0. The Labute approximate surface area is 357 Å². The number of rotatable bonds is 12. The van der Waals surface area contributed by atoms with Crippen molar-refractivity contribution in [2.75, 3.05) is 67.9 Å². The summed E-state index contributed by atoms with van der Waals surface area (Å²) in [5.41, 5.74) is -0.560. The van der Waals surface area contributed by atoms with Gasteiger partial charge in [-0.2, -0.15) is 28.2 Å². The maximum atomic E-state index is 15.2. The van der Waals surface area contributed by atoms with E-state index in [4.69, 9.17) is 0 Å². The number of pyridine rings is 1. The second-order valence-corrected chi connectivity index (χ2v) is 16.6. The zero-order valence-electron chi connectivity index (χ0n) is 34.1. The molecule has 3 saturated heterocycles. The van der Waals surface area contributed by atoms with Gasteiger partial charge in [-0.15, -0.1) is 5.10 Å². The first kappa shape index (κ1) is 44.0. The molecule has 22 heteroatoms. The van der Waals surface area contributed by atoms with Gasteiger partial charge in [0.25, 0.3) is 12.3 Å². The van der Waals surface area contributed by atoms with E-state index in [1.165, 1.54) is 41.3 Å². The molecule has 1 atom stereocenters. The van der Waals surface area contributed by atoms with E-state index in [2.05, 4.69) is 46.0 Å². The zero-order valence-corrected chi connectivity index (χ0v) is 34.1. The zero-order chi connectivity index (χ0) is 44.4. The summed E-state index contributed by atoms with van der Waals surface area (Å²) >= 11 is 0. The third-order valence-electron chi connectivity index (χ3n) is 12.5. The molecule has 1 saturated carbocycles. The molecule has 6 heterocycles. The summed E-state index contributed by atoms with van der Waals surface area (Å²) in [6.45, 7) is 4.58. The number of hydrogen-bond donors (Lipinski definition) is 3. The molecule has 4 aromatic rings. The first-order chi connectivity index (χ1) is 30.2. The average molecular weight is 889 g/mol. The highest BCUT2D eigenvalue weighted by atomic mass is 19.4. The van der Waals surface area contributed by atoms with Gasteiger partial charge >= 0.3 is 6.18 Å². The molecule has 0 radical (unpaired) electrons. The minimum Gasteiger partial charge on any atom is -0.371 e. The van der Waals surface area contributed by atoms with Crippen molar-refractivity contribution in [3.63, 3.8) is 0 Å². The summed E-state index contributed by atoms with van der Waals surface area (Å²) in [5.74, 6) is -4.17. The van der Waals surface area contributed by atoms with Gasteiger partial charge in [0.05, 0.1) is 29.5 Å². The number of carbonyl (C=O) groups excluding carboxylic acids is 3. The molecule has 3 aromatic heterocycles. The lowest BCUT2D eigenvalue weighted by molar-refractivity contribution is -0.134. The summed E-state index contributed by atoms with van der Waals surface area (Å²) in [6, 6.07) is 5.48. The molecule has 0 bridgehead atoms. The minimum absolute atomic E-state index is 0.0356. The second-order valence-electron chi connectivity index (χ2n) is 16.6. The molecule has 3 N–H and O–H groups in total. The topological polar surface area (TPSA) is 158 Å². The van der Waals surface area contributed by atoms with Crippen molar-refractivity contribution in [3.05, 3.63) is 71.4 Å². The van der Waals surface area contributed by atoms with Crippen molar-refractivity contribution in [1.29, 1.82) is 0 Å². The lowest BCUT2D eigenvalue weighted by Gasteiger charge is -2.43.